The Morgan fingerprint density at radius 1 is 1.15 bits per heavy atom. The van der Waals surface area contributed by atoms with Gasteiger partial charge >= 0.3 is 11.8 Å². The van der Waals surface area contributed by atoms with Crippen LogP contribution in [0.25, 0.3) is 0 Å². The monoisotopic (exact) mass is 340 g/mol. The molecular formula is C14H17BrN2O3. The molecule has 1 aromatic rings. The molecule has 0 saturated heterocycles. The van der Waals surface area contributed by atoms with E-state index in [1.807, 2.05) is 0 Å². The molecule has 2 rings (SSSR count). The molecule has 0 bridgehead atoms. The minimum absolute atomic E-state index is 0.125. The molecule has 1 aliphatic rings. The zero-order chi connectivity index (χ0) is 14.6. The maximum absolute atomic E-state index is 11.7. The number of carbonyl (C=O) groups is 2. The molecule has 2 amide bonds. The lowest BCUT2D eigenvalue weighted by Crippen LogP contribution is -2.44. The maximum Gasteiger partial charge on any atom is 0.313 e. The smallest absolute Gasteiger partial charge is 0.313 e. The zero-order valence-electron chi connectivity index (χ0n) is 11.0. The largest absolute Gasteiger partial charge is 0.388 e. The van der Waals surface area contributed by atoms with Crippen LogP contribution in [0.1, 0.15) is 25.7 Å². The lowest BCUT2D eigenvalue weighted by Gasteiger charge is -2.22. The Balaban J connectivity index is 1.83. The van der Waals surface area contributed by atoms with E-state index in [0.29, 0.717) is 18.5 Å². The Hall–Kier alpha value is -1.40. The first kappa shape index (κ1) is 15.0. The molecule has 6 heteroatoms. The predicted octanol–water partition coefficient (Wildman–Crippen LogP) is 1.81. The highest BCUT2D eigenvalue weighted by atomic mass is 79.9. The van der Waals surface area contributed by atoms with Gasteiger partial charge in [-0.3, -0.25) is 9.59 Å². The summed E-state index contributed by atoms with van der Waals surface area (Å²) in [6.07, 6.45) is 3.25. The summed E-state index contributed by atoms with van der Waals surface area (Å²) >= 11 is 3.29. The lowest BCUT2D eigenvalue weighted by atomic mass is 10.0. The van der Waals surface area contributed by atoms with E-state index in [1.165, 1.54) is 0 Å². The Bertz CT molecular complexity index is 496. The average molecular weight is 341 g/mol. The van der Waals surface area contributed by atoms with Crippen molar-refractivity contribution < 1.29 is 14.7 Å². The van der Waals surface area contributed by atoms with Gasteiger partial charge in [0.2, 0.25) is 0 Å². The molecule has 3 N–H and O–H groups in total. The number of benzene rings is 1. The Morgan fingerprint density at radius 2 is 1.75 bits per heavy atom. The molecule has 0 spiro atoms. The van der Waals surface area contributed by atoms with E-state index in [1.54, 1.807) is 24.3 Å². The van der Waals surface area contributed by atoms with Crippen LogP contribution in [0, 0.1) is 0 Å². The van der Waals surface area contributed by atoms with Crippen LogP contribution < -0.4 is 10.6 Å². The fourth-order valence-electron chi connectivity index (χ4n) is 2.26. The van der Waals surface area contributed by atoms with Gasteiger partial charge in [-0.25, -0.2) is 0 Å². The summed E-state index contributed by atoms with van der Waals surface area (Å²) in [7, 11) is 0. The number of amides is 2. The number of anilines is 1. The summed E-state index contributed by atoms with van der Waals surface area (Å²) < 4.78 is 0.892. The molecule has 1 saturated carbocycles. The van der Waals surface area contributed by atoms with E-state index in [4.69, 9.17) is 0 Å². The van der Waals surface area contributed by atoms with Crippen molar-refractivity contribution in [2.24, 2.45) is 0 Å². The number of halogens is 1. The molecule has 1 fully saturated rings. The van der Waals surface area contributed by atoms with Gasteiger partial charge in [-0.15, -0.1) is 0 Å². The first-order valence-corrected chi connectivity index (χ1v) is 7.35. The number of nitrogens with one attached hydrogen (secondary N) is 2. The molecule has 0 aliphatic heterocycles. The van der Waals surface area contributed by atoms with Crippen molar-refractivity contribution in [1.82, 2.24) is 5.32 Å². The summed E-state index contributed by atoms with van der Waals surface area (Å²) in [6.45, 7) is 0.125. The zero-order valence-corrected chi connectivity index (χ0v) is 12.6. The fraction of sp³-hybridized carbons (Fsp3) is 0.429. The second kappa shape index (κ2) is 6.37. The average Bonchev–Trinajstić information content (AvgIpc) is 2.86. The van der Waals surface area contributed by atoms with Gasteiger partial charge in [-0.05, 0) is 37.1 Å². The van der Waals surface area contributed by atoms with Crippen LogP contribution in [0.4, 0.5) is 5.69 Å². The van der Waals surface area contributed by atoms with Gasteiger partial charge in [0, 0.05) is 16.7 Å². The first-order chi connectivity index (χ1) is 9.48. The van der Waals surface area contributed by atoms with E-state index in [9.17, 15) is 14.7 Å². The van der Waals surface area contributed by atoms with Crippen molar-refractivity contribution in [3.05, 3.63) is 28.7 Å². The van der Waals surface area contributed by atoms with Gasteiger partial charge in [0.25, 0.3) is 0 Å². The first-order valence-electron chi connectivity index (χ1n) is 6.56. The van der Waals surface area contributed by atoms with E-state index < -0.39 is 17.4 Å². The Morgan fingerprint density at radius 3 is 2.35 bits per heavy atom. The molecular weight excluding hydrogens is 324 g/mol. The normalized spacial score (nSPS) is 16.7. The molecule has 1 aliphatic carbocycles. The van der Waals surface area contributed by atoms with Crippen molar-refractivity contribution in [2.45, 2.75) is 31.3 Å². The van der Waals surface area contributed by atoms with Crippen LogP contribution in [-0.2, 0) is 9.59 Å². The third-order valence-electron chi connectivity index (χ3n) is 3.42. The van der Waals surface area contributed by atoms with Gasteiger partial charge in [0.1, 0.15) is 0 Å². The highest BCUT2D eigenvalue weighted by molar-refractivity contribution is 9.10. The Labute approximate surface area is 125 Å². The van der Waals surface area contributed by atoms with Gasteiger partial charge in [0.05, 0.1) is 5.60 Å². The van der Waals surface area contributed by atoms with Crippen molar-refractivity contribution in [3.8, 4) is 0 Å². The van der Waals surface area contributed by atoms with Crippen LogP contribution in [0.2, 0.25) is 0 Å². The van der Waals surface area contributed by atoms with E-state index in [0.717, 1.165) is 17.3 Å². The van der Waals surface area contributed by atoms with Crippen LogP contribution in [-0.4, -0.2) is 29.1 Å². The van der Waals surface area contributed by atoms with Crippen molar-refractivity contribution in [3.63, 3.8) is 0 Å². The van der Waals surface area contributed by atoms with Crippen molar-refractivity contribution in [1.29, 1.82) is 0 Å². The number of carbonyl (C=O) groups excluding carboxylic acids is 2. The molecule has 20 heavy (non-hydrogen) atoms. The molecule has 0 aromatic heterocycles. The molecule has 0 radical (unpaired) electrons. The maximum atomic E-state index is 11.7. The third kappa shape index (κ3) is 4.05. The van der Waals surface area contributed by atoms with Gasteiger partial charge in [-0.1, -0.05) is 28.8 Å². The van der Waals surface area contributed by atoms with Gasteiger partial charge in [0.15, 0.2) is 0 Å². The van der Waals surface area contributed by atoms with Crippen LogP contribution in [0.3, 0.4) is 0 Å². The summed E-state index contributed by atoms with van der Waals surface area (Å²) in [5, 5.41) is 15.1. The minimum atomic E-state index is -0.854. The van der Waals surface area contributed by atoms with Gasteiger partial charge < -0.3 is 15.7 Å². The second-order valence-electron chi connectivity index (χ2n) is 5.08. The van der Waals surface area contributed by atoms with Crippen molar-refractivity contribution in [2.75, 3.05) is 11.9 Å². The number of hydrogen-bond acceptors (Lipinski definition) is 3. The topological polar surface area (TPSA) is 78.4 Å². The molecule has 0 heterocycles. The fourth-order valence-corrected chi connectivity index (χ4v) is 2.52. The molecule has 0 unspecified atom stereocenters. The highest BCUT2D eigenvalue weighted by Gasteiger charge is 2.31. The second-order valence-corrected chi connectivity index (χ2v) is 5.99. The van der Waals surface area contributed by atoms with Crippen LogP contribution in [0.5, 0.6) is 0 Å². The van der Waals surface area contributed by atoms with Crippen LogP contribution in [0.15, 0.2) is 28.7 Å². The molecule has 1 aromatic carbocycles. The molecule has 0 atom stereocenters. The molecule has 5 nitrogen and oxygen atoms in total. The summed E-state index contributed by atoms with van der Waals surface area (Å²) in [6, 6.07) is 6.93. The number of rotatable bonds is 3. The lowest BCUT2D eigenvalue weighted by molar-refractivity contribution is -0.136. The van der Waals surface area contributed by atoms with E-state index in [-0.39, 0.29) is 6.54 Å². The van der Waals surface area contributed by atoms with Crippen molar-refractivity contribution >= 4 is 33.4 Å². The summed E-state index contributed by atoms with van der Waals surface area (Å²) in [4.78, 5) is 23.4. The van der Waals surface area contributed by atoms with Gasteiger partial charge in [-0.2, -0.15) is 0 Å². The predicted molar refractivity (Wildman–Crippen MR) is 79.2 cm³/mol. The summed E-state index contributed by atoms with van der Waals surface area (Å²) in [5.41, 5.74) is -0.305. The third-order valence-corrected chi connectivity index (χ3v) is 3.95. The number of aliphatic hydroxyl groups is 1. The SMILES string of the molecule is O=C(NCC1(O)CCCC1)C(=O)Nc1ccc(Br)cc1. The summed E-state index contributed by atoms with van der Waals surface area (Å²) in [5.74, 6) is -1.46. The number of hydrogen-bond donors (Lipinski definition) is 3. The van der Waals surface area contributed by atoms with E-state index >= 15 is 0 Å². The quantitative estimate of drug-likeness (QED) is 0.734. The minimum Gasteiger partial charge on any atom is -0.388 e. The van der Waals surface area contributed by atoms with Crippen LogP contribution >= 0.6 is 15.9 Å². The standard InChI is InChI=1S/C14H17BrN2O3/c15-10-3-5-11(6-4-10)17-13(19)12(18)16-9-14(20)7-1-2-8-14/h3-6,20H,1-2,7-9H2,(H,16,18)(H,17,19). The van der Waals surface area contributed by atoms with E-state index in [2.05, 4.69) is 26.6 Å². The molecule has 108 valence electrons. The Kier molecular flexibility index (Phi) is 4.77. The highest BCUT2D eigenvalue weighted by Crippen LogP contribution is 2.28.